The van der Waals surface area contributed by atoms with E-state index in [9.17, 15) is 9.59 Å². The molecule has 0 saturated carbocycles. The van der Waals surface area contributed by atoms with Gasteiger partial charge in [-0.25, -0.2) is 0 Å². The molecule has 0 aromatic heterocycles. The monoisotopic (exact) mass is 387 g/mol. The van der Waals surface area contributed by atoms with Crippen LogP contribution in [0.4, 0.5) is 0 Å². The smallest absolute Gasteiger partial charge is 0.269 e. The maximum atomic E-state index is 13.2. The molecule has 0 bridgehead atoms. The molecule has 0 aliphatic carbocycles. The van der Waals surface area contributed by atoms with Crippen molar-refractivity contribution >= 4 is 17.5 Å². The van der Waals surface area contributed by atoms with Crippen molar-refractivity contribution in [2.24, 2.45) is 11.1 Å². The minimum absolute atomic E-state index is 0.0140. The number of piperidine rings is 1. The molecule has 2 atom stereocenters. The third-order valence-corrected chi connectivity index (χ3v) is 5.25. The van der Waals surface area contributed by atoms with Crippen LogP contribution in [0.15, 0.2) is 29.4 Å². The number of nitrogens with one attached hydrogen (secondary N) is 1. The Morgan fingerprint density at radius 1 is 1.32 bits per heavy atom. The van der Waals surface area contributed by atoms with Gasteiger partial charge in [-0.05, 0) is 63.4 Å². The van der Waals surface area contributed by atoms with Crippen LogP contribution in [-0.2, 0) is 14.4 Å². The standard InChI is InChI=1S/C21H29N3O4/c1-14(2)22-19(25)16-6-5-11-24(13-16)20(26)21(3)12-18(23-28-21)15-7-9-17(27-4)10-8-15/h7-10,14,16H,5-6,11-13H2,1-4H3,(H,22,25). The van der Waals surface area contributed by atoms with E-state index in [1.807, 2.05) is 38.1 Å². The lowest BCUT2D eigenvalue weighted by atomic mass is 9.91. The van der Waals surface area contributed by atoms with Crippen LogP contribution in [0.5, 0.6) is 5.75 Å². The molecule has 1 fully saturated rings. The fourth-order valence-electron chi connectivity index (χ4n) is 3.71. The number of benzene rings is 1. The molecule has 0 radical (unpaired) electrons. The van der Waals surface area contributed by atoms with Crippen LogP contribution in [0, 0.1) is 5.92 Å². The van der Waals surface area contributed by atoms with E-state index in [-0.39, 0.29) is 23.8 Å². The Kier molecular flexibility index (Phi) is 5.91. The summed E-state index contributed by atoms with van der Waals surface area (Å²) in [6.07, 6.45) is 2.01. The molecule has 2 heterocycles. The van der Waals surface area contributed by atoms with Crippen molar-refractivity contribution in [2.45, 2.75) is 51.7 Å². The molecule has 1 aromatic carbocycles. The minimum Gasteiger partial charge on any atom is -0.497 e. The Bertz CT molecular complexity index is 759. The van der Waals surface area contributed by atoms with Gasteiger partial charge in [0.2, 0.25) is 11.5 Å². The summed E-state index contributed by atoms with van der Waals surface area (Å²) in [4.78, 5) is 32.9. The number of likely N-dealkylation sites (tertiary alicyclic amines) is 1. The van der Waals surface area contributed by atoms with Crippen LogP contribution in [0.3, 0.4) is 0 Å². The van der Waals surface area contributed by atoms with Crippen LogP contribution >= 0.6 is 0 Å². The molecule has 2 unspecified atom stereocenters. The van der Waals surface area contributed by atoms with Gasteiger partial charge in [0.1, 0.15) is 5.75 Å². The first kappa shape index (κ1) is 20.2. The summed E-state index contributed by atoms with van der Waals surface area (Å²) in [7, 11) is 1.62. The van der Waals surface area contributed by atoms with E-state index in [4.69, 9.17) is 9.57 Å². The Balaban J connectivity index is 1.64. The first-order chi connectivity index (χ1) is 13.3. The van der Waals surface area contributed by atoms with E-state index in [1.165, 1.54) is 0 Å². The van der Waals surface area contributed by atoms with Crippen LogP contribution < -0.4 is 10.1 Å². The average Bonchev–Trinajstić information content (AvgIpc) is 3.10. The van der Waals surface area contributed by atoms with Crippen molar-refractivity contribution in [1.82, 2.24) is 10.2 Å². The second-order valence-corrected chi connectivity index (χ2v) is 8.02. The molecule has 2 amide bonds. The first-order valence-corrected chi connectivity index (χ1v) is 9.81. The number of hydrogen-bond donors (Lipinski definition) is 1. The Morgan fingerprint density at radius 3 is 2.68 bits per heavy atom. The van der Waals surface area contributed by atoms with Gasteiger partial charge in [0, 0.05) is 25.6 Å². The molecule has 2 aliphatic heterocycles. The molecule has 3 rings (SSSR count). The first-order valence-electron chi connectivity index (χ1n) is 9.81. The Morgan fingerprint density at radius 2 is 2.04 bits per heavy atom. The van der Waals surface area contributed by atoms with E-state index in [0.29, 0.717) is 19.5 Å². The second kappa shape index (κ2) is 8.20. The third-order valence-electron chi connectivity index (χ3n) is 5.25. The number of nitrogens with zero attached hydrogens (tertiary/aromatic N) is 2. The molecule has 0 spiro atoms. The number of ether oxygens (including phenoxy) is 1. The van der Waals surface area contributed by atoms with Gasteiger partial charge in [0.25, 0.3) is 5.91 Å². The van der Waals surface area contributed by atoms with Crippen LogP contribution in [0.25, 0.3) is 0 Å². The Hall–Kier alpha value is -2.57. The Labute approximate surface area is 166 Å². The average molecular weight is 387 g/mol. The van der Waals surface area contributed by atoms with Gasteiger partial charge in [-0.1, -0.05) is 5.16 Å². The van der Waals surface area contributed by atoms with Crippen LogP contribution in [-0.4, -0.2) is 54.3 Å². The van der Waals surface area contributed by atoms with E-state index >= 15 is 0 Å². The van der Waals surface area contributed by atoms with Crippen molar-refractivity contribution in [3.63, 3.8) is 0 Å². The molecule has 7 nitrogen and oxygen atoms in total. The van der Waals surface area contributed by atoms with Gasteiger partial charge in [-0.3, -0.25) is 9.59 Å². The molecule has 28 heavy (non-hydrogen) atoms. The second-order valence-electron chi connectivity index (χ2n) is 8.02. The number of hydrogen-bond acceptors (Lipinski definition) is 5. The summed E-state index contributed by atoms with van der Waals surface area (Å²) in [5, 5.41) is 7.12. The zero-order valence-corrected chi connectivity index (χ0v) is 17.0. The van der Waals surface area contributed by atoms with E-state index < -0.39 is 5.60 Å². The lowest BCUT2D eigenvalue weighted by Crippen LogP contribution is -2.53. The highest BCUT2D eigenvalue weighted by molar-refractivity contribution is 6.05. The summed E-state index contributed by atoms with van der Waals surface area (Å²) < 4.78 is 5.18. The summed E-state index contributed by atoms with van der Waals surface area (Å²) in [6, 6.07) is 7.62. The SMILES string of the molecule is COc1ccc(C2=NOC(C)(C(=O)N3CCCC(C(=O)NC(C)C)C3)C2)cc1. The van der Waals surface area contributed by atoms with Gasteiger partial charge in [0.15, 0.2) is 0 Å². The lowest BCUT2D eigenvalue weighted by molar-refractivity contribution is -0.155. The number of carbonyl (C=O) groups is 2. The van der Waals surface area contributed by atoms with Crippen molar-refractivity contribution in [1.29, 1.82) is 0 Å². The van der Waals surface area contributed by atoms with E-state index in [2.05, 4.69) is 10.5 Å². The highest BCUT2D eigenvalue weighted by atomic mass is 16.7. The number of oxime groups is 1. The molecule has 152 valence electrons. The minimum atomic E-state index is -1.04. The largest absolute Gasteiger partial charge is 0.497 e. The molecule has 1 aromatic rings. The molecular weight excluding hydrogens is 358 g/mol. The summed E-state index contributed by atoms with van der Waals surface area (Å²) >= 11 is 0. The van der Waals surface area contributed by atoms with Gasteiger partial charge < -0.3 is 19.8 Å². The molecule has 2 aliphatic rings. The number of methoxy groups -OCH3 is 1. The summed E-state index contributed by atoms with van der Waals surface area (Å²) in [6.45, 7) is 6.71. The third kappa shape index (κ3) is 4.29. The maximum absolute atomic E-state index is 13.2. The predicted molar refractivity (Wildman–Crippen MR) is 106 cm³/mol. The summed E-state index contributed by atoms with van der Waals surface area (Å²) in [5.74, 6) is 0.496. The number of carbonyl (C=O) groups excluding carboxylic acids is 2. The molecule has 7 heteroatoms. The van der Waals surface area contributed by atoms with Crippen LogP contribution in [0.2, 0.25) is 0 Å². The highest BCUT2D eigenvalue weighted by Gasteiger charge is 2.46. The van der Waals surface area contributed by atoms with Crippen molar-refractivity contribution in [3.8, 4) is 5.75 Å². The zero-order chi connectivity index (χ0) is 20.3. The molecule has 1 saturated heterocycles. The highest BCUT2D eigenvalue weighted by Crippen LogP contribution is 2.31. The molecule has 1 N–H and O–H groups in total. The lowest BCUT2D eigenvalue weighted by Gasteiger charge is -2.36. The van der Waals surface area contributed by atoms with Crippen molar-refractivity contribution in [3.05, 3.63) is 29.8 Å². The van der Waals surface area contributed by atoms with Gasteiger partial charge >= 0.3 is 0 Å². The summed E-state index contributed by atoms with van der Waals surface area (Å²) in [5.41, 5.74) is 0.612. The fraction of sp³-hybridized carbons (Fsp3) is 0.571. The fourth-order valence-corrected chi connectivity index (χ4v) is 3.71. The maximum Gasteiger partial charge on any atom is 0.269 e. The van der Waals surface area contributed by atoms with E-state index in [0.717, 1.165) is 29.9 Å². The van der Waals surface area contributed by atoms with Gasteiger partial charge in [0.05, 0.1) is 18.7 Å². The predicted octanol–water partition coefficient (Wildman–Crippen LogP) is 2.34. The van der Waals surface area contributed by atoms with Crippen LogP contribution in [0.1, 0.15) is 45.6 Å². The van der Waals surface area contributed by atoms with E-state index in [1.54, 1.807) is 18.9 Å². The van der Waals surface area contributed by atoms with Crippen molar-refractivity contribution < 1.29 is 19.2 Å². The number of rotatable bonds is 5. The quantitative estimate of drug-likeness (QED) is 0.841. The normalized spacial score (nSPS) is 24.5. The zero-order valence-electron chi connectivity index (χ0n) is 17.0. The number of amides is 2. The molecular formula is C21H29N3O4. The van der Waals surface area contributed by atoms with Crippen molar-refractivity contribution in [2.75, 3.05) is 20.2 Å². The van der Waals surface area contributed by atoms with Gasteiger partial charge in [-0.2, -0.15) is 0 Å². The van der Waals surface area contributed by atoms with Gasteiger partial charge in [-0.15, -0.1) is 0 Å². The topological polar surface area (TPSA) is 80.2 Å².